The van der Waals surface area contributed by atoms with E-state index in [0.29, 0.717) is 5.56 Å². The van der Waals surface area contributed by atoms with Crippen LogP contribution in [0.25, 0.3) is 0 Å². The molecule has 2 N–H and O–H groups in total. The zero-order chi connectivity index (χ0) is 14.0. The highest BCUT2D eigenvalue weighted by atomic mass is 16.2. The van der Waals surface area contributed by atoms with Gasteiger partial charge in [0.2, 0.25) is 5.91 Å². The van der Waals surface area contributed by atoms with Crippen molar-refractivity contribution in [2.45, 2.75) is 19.0 Å². The van der Waals surface area contributed by atoms with Crippen LogP contribution in [0.15, 0.2) is 24.3 Å². The van der Waals surface area contributed by atoms with Crippen molar-refractivity contribution in [2.75, 3.05) is 25.0 Å². The minimum Gasteiger partial charge on any atom is -0.356 e. The van der Waals surface area contributed by atoms with Gasteiger partial charge in [0.05, 0.1) is 11.6 Å². The van der Waals surface area contributed by atoms with E-state index in [1.165, 1.54) is 0 Å². The van der Waals surface area contributed by atoms with Gasteiger partial charge in [-0.2, -0.15) is 5.26 Å². The second-order valence-corrected chi connectivity index (χ2v) is 4.86. The number of hydrogen-bond acceptors (Lipinski definition) is 4. The van der Waals surface area contributed by atoms with Crippen molar-refractivity contribution < 1.29 is 4.79 Å². The molecule has 2 rings (SSSR count). The molecule has 2 atom stereocenters. The summed E-state index contributed by atoms with van der Waals surface area (Å²) >= 11 is 0. The summed E-state index contributed by atoms with van der Waals surface area (Å²) < 4.78 is 0. The van der Waals surface area contributed by atoms with Crippen molar-refractivity contribution in [1.82, 2.24) is 4.90 Å². The Balaban J connectivity index is 2.30. The van der Waals surface area contributed by atoms with Crippen LogP contribution in [-0.2, 0) is 4.79 Å². The molecular weight excluding hydrogens is 240 g/mol. The van der Waals surface area contributed by atoms with Gasteiger partial charge in [0.15, 0.2) is 0 Å². The molecule has 0 bridgehead atoms. The number of anilines is 1. The lowest BCUT2D eigenvalue weighted by Gasteiger charge is -2.43. The molecule has 1 aliphatic heterocycles. The summed E-state index contributed by atoms with van der Waals surface area (Å²) in [5.41, 5.74) is 7.29. The number of likely N-dealkylation sites (N-methyl/N-ethyl adjacent to an activating group) is 1. The van der Waals surface area contributed by atoms with Gasteiger partial charge in [-0.3, -0.25) is 4.79 Å². The lowest BCUT2D eigenvalue weighted by molar-refractivity contribution is -0.134. The molecule has 1 heterocycles. The van der Waals surface area contributed by atoms with Crippen LogP contribution >= 0.6 is 0 Å². The number of hydrogen-bond donors (Lipinski definition) is 1. The number of benzene rings is 1. The third-order valence-corrected chi connectivity index (χ3v) is 3.68. The van der Waals surface area contributed by atoms with E-state index in [9.17, 15) is 4.79 Å². The minimum atomic E-state index is -0.325. The Hall–Kier alpha value is -2.06. The fraction of sp³-hybridized carbons (Fsp3) is 0.429. The highest BCUT2D eigenvalue weighted by Crippen LogP contribution is 2.23. The number of nitrogens with zero attached hydrogens (tertiary/aromatic N) is 3. The molecule has 1 aromatic rings. The molecule has 0 spiro atoms. The molecule has 19 heavy (non-hydrogen) atoms. The predicted molar refractivity (Wildman–Crippen MR) is 73.6 cm³/mol. The monoisotopic (exact) mass is 258 g/mol. The van der Waals surface area contributed by atoms with E-state index < -0.39 is 0 Å². The predicted octanol–water partition coefficient (Wildman–Crippen LogP) is 0.552. The summed E-state index contributed by atoms with van der Waals surface area (Å²) in [4.78, 5) is 16.0. The normalized spacial score (nSPS) is 23.4. The van der Waals surface area contributed by atoms with Gasteiger partial charge in [-0.15, -0.1) is 0 Å². The van der Waals surface area contributed by atoms with E-state index in [1.807, 2.05) is 31.0 Å². The number of rotatable bonds is 2. The first kappa shape index (κ1) is 13.4. The molecule has 1 amide bonds. The number of piperazine rings is 1. The molecule has 0 aromatic heterocycles. The van der Waals surface area contributed by atoms with Crippen molar-refractivity contribution >= 4 is 11.6 Å². The Kier molecular flexibility index (Phi) is 3.72. The van der Waals surface area contributed by atoms with Crippen molar-refractivity contribution in [3.63, 3.8) is 0 Å². The van der Waals surface area contributed by atoms with E-state index in [4.69, 9.17) is 11.0 Å². The fourth-order valence-corrected chi connectivity index (χ4v) is 2.36. The van der Waals surface area contributed by atoms with Gasteiger partial charge in [-0.25, -0.2) is 0 Å². The molecule has 1 aliphatic rings. The van der Waals surface area contributed by atoms with Gasteiger partial charge >= 0.3 is 0 Å². The molecule has 5 nitrogen and oxygen atoms in total. The molecule has 0 radical (unpaired) electrons. The summed E-state index contributed by atoms with van der Waals surface area (Å²) in [6.07, 6.45) is 0. The van der Waals surface area contributed by atoms with Crippen LogP contribution in [0.4, 0.5) is 5.69 Å². The number of carbonyl (C=O) groups excluding carboxylic acids is 1. The highest BCUT2D eigenvalue weighted by Gasteiger charge is 2.35. The van der Waals surface area contributed by atoms with Crippen LogP contribution in [0.3, 0.4) is 0 Å². The Labute approximate surface area is 113 Å². The summed E-state index contributed by atoms with van der Waals surface area (Å²) in [7, 11) is 1.81. The Morgan fingerprint density at radius 3 is 2.58 bits per heavy atom. The van der Waals surface area contributed by atoms with Crippen LogP contribution in [0, 0.1) is 11.3 Å². The Morgan fingerprint density at radius 2 is 2.05 bits per heavy atom. The number of amides is 1. The van der Waals surface area contributed by atoms with Crippen molar-refractivity contribution in [2.24, 2.45) is 5.73 Å². The van der Waals surface area contributed by atoms with Crippen LogP contribution in [0.1, 0.15) is 12.5 Å². The van der Waals surface area contributed by atoms with Gasteiger partial charge < -0.3 is 15.5 Å². The maximum atomic E-state index is 12.2. The quantitative estimate of drug-likeness (QED) is 0.841. The first-order valence-corrected chi connectivity index (χ1v) is 6.32. The molecule has 100 valence electrons. The molecule has 2 unspecified atom stereocenters. The number of carbonyl (C=O) groups is 1. The van der Waals surface area contributed by atoms with E-state index in [1.54, 1.807) is 17.0 Å². The second kappa shape index (κ2) is 5.29. The zero-order valence-corrected chi connectivity index (χ0v) is 11.2. The Bertz CT molecular complexity index is 505. The van der Waals surface area contributed by atoms with E-state index in [2.05, 4.69) is 6.07 Å². The smallest absolute Gasteiger partial charge is 0.246 e. The van der Waals surface area contributed by atoms with Gasteiger partial charge in [-0.05, 0) is 31.2 Å². The molecule has 1 fully saturated rings. The average molecular weight is 258 g/mol. The van der Waals surface area contributed by atoms with Crippen LogP contribution in [0.5, 0.6) is 0 Å². The topological polar surface area (TPSA) is 73.4 Å². The Morgan fingerprint density at radius 1 is 1.42 bits per heavy atom. The molecular formula is C14H18N4O. The maximum absolute atomic E-state index is 12.2. The van der Waals surface area contributed by atoms with Crippen LogP contribution in [-0.4, -0.2) is 43.0 Å². The minimum absolute atomic E-state index is 0.0469. The molecule has 1 aromatic carbocycles. The third kappa shape index (κ3) is 2.40. The summed E-state index contributed by atoms with van der Waals surface area (Å²) in [5, 5.41) is 8.81. The fourth-order valence-electron chi connectivity index (χ4n) is 2.36. The maximum Gasteiger partial charge on any atom is 0.246 e. The van der Waals surface area contributed by atoms with Crippen LogP contribution < -0.4 is 10.6 Å². The summed E-state index contributed by atoms with van der Waals surface area (Å²) in [6, 6.07) is 9.16. The average Bonchev–Trinajstić information content (AvgIpc) is 2.44. The van der Waals surface area contributed by atoms with E-state index in [0.717, 1.165) is 12.2 Å². The molecule has 5 heteroatoms. The second-order valence-electron chi connectivity index (χ2n) is 4.86. The largest absolute Gasteiger partial charge is 0.356 e. The van der Waals surface area contributed by atoms with Gasteiger partial charge in [-0.1, -0.05) is 0 Å². The SMILES string of the molecule is CC1CN(c2ccc(C#N)cc2)C(CN)C(=O)N1C. The van der Waals surface area contributed by atoms with Gasteiger partial charge in [0.1, 0.15) is 6.04 Å². The highest BCUT2D eigenvalue weighted by molar-refractivity contribution is 5.87. The van der Waals surface area contributed by atoms with Gasteiger partial charge in [0, 0.05) is 31.9 Å². The van der Waals surface area contributed by atoms with Crippen molar-refractivity contribution in [3.8, 4) is 6.07 Å². The summed E-state index contributed by atoms with van der Waals surface area (Å²) in [5.74, 6) is 0.0469. The zero-order valence-electron chi connectivity index (χ0n) is 11.2. The van der Waals surface area contributed by atoms with Gasteiger partial charge in [0.25, 0.3) is 0 Å². The van der Waals surface area contributed by atoms with E-state index in [-0.39, 0.29) is 24.5 Å². The lowest BCUT2D eigenvalue weighted by Crippen LogP contribution is -2.62. The molecule has 1 saturated heterocycles. The third-order valence-electron chi connectivity index (χ3n) is 3.68. The first-order chi connectivity index (χ1) is 9.08. The van der Waals surface area contributed by atoms with E-state index >= 15 is 0 Å². The number of nitrogens with two attached hydrogens (primary N) is 1. The molecule has 0 aliphatic carbocycles. The molecule has 0 saturated carbocycles. The lowest BCUT2D eigenvalue weighted by atomic mass is 10.1. The number of nitriles is 1. The standard InChI is InChI=1S/C14H18N4O/c1-10-9-18(13(8-16)14(19)17(10)2)12-5-3-11(7-15)4-6-12/h3-6,10,13H,8-9,16H2,1-2H3. The van der Waals surface area contributed by atoms with Crippen molar-refractivity contribution in [1.29, 1.82) is 5.26 Å². The van der Waals surface area contributed by atoms with Crippen LogP contribution in [0.2, 0.25) is 0 Å². The van der Waals surface area contributed by atoms with Crippen molar-refractivity contribution in [3.05, 3.63) is 29.8 Å². The summed E-state index contributed by atoms with van der Waals surface area (Å²) in [6.45, 7) is 3.05. The first-order valence-electron chi connectivity index (χ1n) is 6.32.